The first kappa shape index (κ1) is 16.5. The smallest absolute Gasteiger partial charge is 0.225 e. The van der Waals surface area contributed by atoms with E-state index in [0.29, 0.717) is 19.6 Å². The molecule has 0 spiro atoms. The number of benzene rings is 1. The van der Waals surface area contributed by atoms with Gasteiger partial charge in [-0.3, -0.25) is 14.8 Å². The number of hydrogen-bond donors (Lipinski definition) is 2. The fourth-order valence-corrected chi connectivity index (χ4v) is 2.19. The lowest BCUT2D eigenvalue weighted by Gasteiger charge is -2.22. The topological polar surface area (TPSA) is 97.6 Å². The van der Waals surface area contributed by atoms with Crippen LogP contribution < -0.4 is 11.5 Å². The van der Waals surface area contributed by atoms with Crippen LogP contribution in [0.5, 0.6) is 0 Å². The molecule has 2 rings (SSSR count). The van der Waals surface area contributed by atoms with Gasteiger partial charge < -0.3 is 16.4 Å². The first-order valence-electron chi connectivity index (χ1n) is 7.41. The average Bonchev–Trinajstić information content (AvgIpc) is 2.56. The van der Waals surface area contributed by atoms with Crippen molar-refractivity contribution in [3.63, 3.8) is 0 Å². The number of pyridine rings is 1. The zero-order valence-corrected chi connectivity index (χ0v) is 12.9. The summed E-state index contributed by atoms with van der Waals surface area (Å²) < 4.78 is 0. The van der Waals surface area contributed by atoms with Crippen molar-refractivity contribution >= 4 is 11.9 Å². The van der Waals surface area contributed by atoms with E-state index in [-0.39, 0.29) is 18.3 Å². The van der Waals surface area contributed by atoms with E-state index in [1.165, 1.54) is 0 Å². The second-order valence-corrected chi connectivity index (χ2v) is 5.15. The highest BCUT2D eigenvalue weighted by Crippen LogP contribution is 2.11. The number of amides is 1. The lowest BCUT2D eigenvalue weighted by Crippen LogP contribution is -2.31. The van der Waals surface area contributed by atoms with Crippen LogP contribution in [0.3, 0.4) is 0 Å². The van der Waals surface area contributed by atoms with E-state index in [9.17, 15) is 4.79 Å². The molecule has 0 atom stereocenters. The summed E-state index contributed by atoms with van der Waals surface area (Å²) in [7, 11) is 0. The number of rotatable bonds is 7. The Balaban J connectivity index is 2.07. The molecule has 120 valence electrons. The molecular weight excluding hydrogens is 290 g/mol. The second-order valence-electron chi connectivity index (χ2n) is 5.15. The minimum absolute atomic E-state index is 0.000307. The third-order valence-corrected chi connectivity index (χ3v) is 3.29. The Morgan fingerprint density at radius 1 is 1.04 bits per heavy atom. The van der Waals surface area contributed by atoms with Crippen LogP contribution in [0.25, 0.3) is 0 Å². The molecule has 0 unspecified atom stereocenters. The van der Waals surface area contributed by atoms with Crippen LogP contribution in [0.4, 0.5) is 0 Å². The molecule has 0 fully saturated rings. The Kier molecular flexibility index (Phi) is 6.11. The quantitative estimate of drug-likeness (QED) is 0.594. The number of hydrogen-bond acceptors (Lipinski definition) is 3. The number of guanidine groups is 1. The first-order valence-corrected chi connectivity index (χ1v) is 7.41. The molecule has 0 aliphatic rings. The van der Waals surface area contributed by atoms with Crippen molar-refractivity contribution < 1.29 is 4.79 Å². The van der Waals surface area contributed by atoms with Gasteiger partial charge in [0.15, 0.2) is 5.96 Å². The molecule has 6 heteroatoms. The number of nitrogens with zero attached hydrogens (tertiary/aromatic N) is 3. The van der Waals surface area contributed by atoms with Gasteiger partial charge in [0.05, 0.1) is 6.54 Å². The maximum absolute atomic E-state index is 12.5. The summed E-state index contributed by atoms with van der Waals surface area (Å²) in [5, 5.41) is 0. The van der Waals surface area contributed by atoms with Crippen LogP contribution in [0.15, 0.2) is 59.9 Å². The van der Waals surface area contributed by atoms with Crippen molar-refractivity contribution in [1.82, 2.24) is 9.88 Å². The highest BCUT2D eigenvalue weighted by Gasteiger charge is 2.14. The summed E-state index contributed by atoms with van der Waals surface area (Å²) >= 11 is 0. The Bertz CT molecular complexity index is 597. The Morgan fingerprint density at radius 2 is 1.74 bits per heavy atom. The second kappa shape index (κ2) is 8.53. The molecule has 23 heavy (non-hydrogen) atoms. The predicted octanol–water partition coefficient (Wildman–Crippen LogP) is 1.27. The summed E-state index contributed by atoms with van der Waals surface area (Å²) in [4.78, 5) is 22.2. The molecule has 1 amide bonds. The Labute approximate surface area is 135 Å². The fraction of sp³-hybridized carbons (Fsp3) is 0.235. The molecule has 6 nitrogen and oxygen atoms in total. The Hall–Kier alpha value is -2.89. The van der Waals surface area contributed by atoms with E-state index in [1.807, 2.05) is 42.5 Å². The third kappa shape index (κ3) is 5.78. The molecule has 0 bridgehead atoms. The highest BCUT2D eigenvalue weighted by atomic mass is 16.2. The van der Waals surface area contributed by atoms with Crippen molar-refractivity contribution in [3.05, 3.63) is 66.0 Å². The molecule has 0 aliphatic heterocycles. The first-order chi connectivity index (χ1) is 11.1. The van der Waals surface area contributed by atoms with Crippen LogP contribution in [-0.2, 0) is 17.9 Å². The molecule has 1 heterocycles. The Morgan fingerprint density at radius 3 is 2.39 bits per heavy atom. The van der Waals surface area contributed by atoms with Crippen molar-refractivity contribution in [2.75, 3.05) is 6.54 Å². The zero-order chi connectivity index (χ0) is 16.5. The molecule has 1 aromatic heterocycles. The van der Waals surface area contributed by atoms with E-state index in [0.717, 1.165) is 11.1 Å². The van der Waals surface area contributed by atoms with Gasteiger partial charge in [-0.05, 0) is 17.2 Å². The van der Waals surface area contributed by atoms with Gasteiger partial charge in [0.25, 0.3) is 0 Å². The summed E-state index contributed by atoms with van der Waals surface area (Å²) in [6, 6.07) is 13.7. The van der Waals surface area contributed by atoms with Gasteiger partial charge in [0, 0.05) is 31.9 Å². The molecule has 0 saturated heterocycles. The molecule has 0 saturated carbocycles. The predicted molar refractivity (Wildman–Crippen MR) is 90.2 cm³/mol. The fourth-order valence-electron chi connectivity index (χ4n) is 2.19. The molecule has 1 aromatic carbocycles. The lowest BCUT2D eigenvalue weighted by atomic mass is 10.2. The minimum Gasteiger partial charge on any atom is -0.370 e. The van der Waals surface area contributed by atoms with Gasteiger partial charge in [-0.25, -0.2) is 0 Å². The van der Waals surface area contributed by atoms with Crippen molar-refractivity contribution in [2.45, 2.75) is 19.5 Å². The monoisotopic (exact) mass is 311 g/mol. The maximum atomic E-state index is 12.5. The van der Waals surface area contributed by atoms with Crippen LogP contribution in [0, 0.1) is 0 Å². The normalized spacial score (nSPS) is 10.1. The summed E-state index contributed by atoms with van der Waals surface area (Å²) in [6.07, 6.45) is 3.75. The summed E-state index contributed by atoms with van der Waals surface area (Å²) in [5.41, 5.74) is 12.7. The van der Waals surface area contributed by atoms with E-state index >= 15 is 0 Å². The number of aliphatic imine (C=N–C) groups is 1. The van der Waals surface area contributed by atoms with Crippen LogP contribution in [0.2, 0.25) is 0 Å². The van der Waals surface area contributed by atoms with Crippen LogP contribution >= 0.6 is 0 Å². The lowest BCUT2D eigenvalue weighted by molar-refractivity contribution is -0.132. The van der Waals surface area contributed by atoms with Gasteiger partial charge in [-0.2, -0.15) is 0 Å². The number of carbonyl (C=O) groups excluding carboxylic acids is 1. The van der Waals surface area contributed by atoms with Crippen LogP contribution in [0.1, 0.15) is 17.5 Å². The van der Waals surface area contributed by atoms with Gasteiger partial charge in [0.2, 0.25) is 5.91 Å². The standard InChI is InChI=1S/C17H21N5O/c18-17(19)21-10-8-16(23)22(12-14-5-2-1-3-6-14)13-15-7-4-9-20-11-15/h1-7,9,11H,8,10,12-13H2,(H4,18,19,21). The number of aromatic nitrogens is 1. The largest absolute Gasteiger partial charge is 0.370 e. The van der Waals surface area contributed by atoms with Crippen molar-refractivity contribution in [1.29, 1.82) is 0 Å². The zero-order valence-electron chi connectivity index (χ0n) is 12.9. The van der Waals surface area contributed by atoms with Gasteiger partial charge in [-0.15, -0.1) is 0 Å². The molecule has 4 N–H and O–H groups in total. The summed E-state index contributed by atoms with van der Waals surface area (Å²) in [6.45, 7) is 1.33. The molecule has 0 radical (unpaired) electrons. The van der Waals surface area contributed by atoms with Gasteiger partial charge in [0.1, 0.15) is 0 Å². The van der Waals surface area contributed by atoms with E-state index < -0.39 is 0 Å². The molecular formula is C17H21N5O. The maximum Gasteiger partial charge on any atom is 0.225 e. The van der Waals surface area contributed by atoms with Gasteiger partial charge in [-0.1, -0.05) is 36.4 Å². The van der Waals surface area contributed by atoms with E-state index in [4.69, 9.17) is 11.5 Å². The third-order valence-electron chi connectivity index (χ3n) is 3.29. The van der Waals surface area contributed by atoms with Gasteiger partial charge >= 0.3 is 0 Å². The van der Waals surface area contributed by atoms with Crippen molar-refractivity contribution in [2.24, 2.45) is 16.5 Å². The molecule has 0 aliphatic carbocycles. The number of nitrogens with two attached hydrogens (primary N) is 2. The highest BCUT2D eigenvalue weighted by molar-refractivity contribution is 5.78. The van der Waals surface area contributed by atoms with E-state index in [2.05, 4.69) is 9.98 Å². The van der Waals surface area contributed by atoms with Crippen LogP contribution in [-0.4, -0.2) is 28.3 Å². The average molecular weight is 311 g/mol. The van der Waals surface area contributed by atoms with Crippen molar-refractivity contribution in [3.8, 4) is 0 Å². The number of carbonyl (C=O) groups is 1. The minimum atomic E-state index is -0.000307. The van der Waals surface area contributed by atoms with E-state index in [1.54, 1.807) is 17.3 Å². The molecule has 2 aromatic rings. The summed E-state index contributed by atoms with van der Waals surface area (Å²) in [5.74, 6) is 0.00220. The SMILES string of the molecule is NC(N)=NCCC(=O)N(Cc1ccccc1)Cc1cccnc1.